The Labute approximate surface area is 238 Å². The highest BCUT2D eigenvalue weighted by molar-refractivity contribution is 7.90. The molecule has 9 nitrogen and oxygen atoms in total. The van der Waals surface area contributed by atoms with E-state index in [1.54, 1.807) is 24.5 Å². The molecule has 1 N–H and O–H groups in total. The van der Waals surface area contributed by atoms with Gasteiger partial charge in [0.05, 0.1) is 18.9 Å². The van der Waals surface area contributed by atoms with E-state index in [0.717, 1.165) is 18.4 Å². The van der Waals surface area contributed by atoms with Crippen LogP contribution in [-0.4, -0.2) is 42.5 Å². The SMILES string of the molecule is CC(C)COc1cc(F)cc(-c2ccc(C(=O)NS(=O)(=O)c3ccccn3)c(OCCCCc3ccncc3)n2)c1. The van der Waals surface area contributed by atoms with Crippen LogP contribution in [0.25, 0.3) is 11.3 Å². The molecule has 0 spiro atoms. The van der Waals surface area contributed by atoms with Crippen LogP contribution in [0.4, 0.5) is 4.39 Å². The molecule has 0 bridgehead atoms. The molecule has 3 aromatic heterocycles. The number of nitrogens with one attached hydrogen (secondary N) is 1. The van der Waals surface area contributed by atoms with Crippen LogP contribution in [0, 0.1) is 11.7 Å². The predicted octanol–water partition coefficient (Wildman–Crippen LogP) is 5.23. The Morgan fingerprint density at radius 3 is 2.51 bits per heavy atom. The Morgan fingerprint density at radius 2 is 1.78 bits per heavy atom. The predicted molar refractivity (Wildman–Crippen MR) is 152 cm³/mol. The molecule has 4 rings (SSSR count). The third kappa shape index (κ3) is 8.55. The van der Waals surface area contributed by atoms with E-state index < -0.39 is 21.7 Å². The Morgan fingerprint density at radius 1 is 0.976 bits per heavy atom. The van der Waals surface area contributed by atoms with Crippen molar-refractivity contribution in [3.05, 3.63) is 96.2 Å². The van der Waals surface area contributed by atoms with Crippen molar-refractivity contribution in [3.63, 3.8) is 0 Å². The van der Waals surface area contributed by atoms with Crippen LogP contribution < -0.4 is 14.2 Å². The quantitative estimate of drug-likeness (QED) is 0.214. The van der Waals surface area contributed by atoms with E-state index in [2.05, 4.69) is 15.0 Å². The van der Waals surface area contributed by atoms with Gasteiger partial charge in [-0.05, 0) is 79.3 Å². The van der Waals surface area contributed by atoms with Crippen molar-refractivity contribution in [1.82, 2.24) is 19.7 Å². The molecule has 1 aromatic carbocycles. The molecule has 0 atom stereocenters. The number of hydrogen-bond donors (Lipinski definition) is 1. The van der Waals surface area contributed by atoms with Crippen molar-refractivity contribution in [3.8, 4) is 22.9 Å². The first-order chi connectivity index (χ1) is 19.7. The summed E-state index contributed by atoms with van der Waals surface area (Å²) in [5.41, 5.74) is 1.80. The van der Waals surface area contributed by atoms with Crippen LogP contribution in [0.2, 0.25) is 0 Å². The monoisotopic (exact) mass is 578 g/mol. The average Bonchev–Trinajstić information content (AvgIpc) is 2.96. The van der Waals surface area contributed by atoms with Gasteiger partial charge in [0, 0.05) is 30.2 Å². The van der Waals surface area contributed by atoms with Crippen molar-refractivity contribution < 1.29 is 27.1 Å². The van der Waals surface area contributed by atoms with Gasteiger partial charge >= 0.3 is 0 Å². The number of aryl methyl sites for hydroxylation is 1. The molecule has 1 amide bonds. The Kier molecular flexibility index (Phi) is 9.96. The van der Waals surface area contributed by atoms with Gasteiger partial charge in [-0.2, -0.15) is 8.42 Å². The average molecular weight is 579 g/mol. The van der Waals surface area contributed by atoms with Crippen molar-refractivity contribution in [2.75, 3.05) is 13.2 Å². The van der Waals surface area contributed by atoms with E-state index in [1.807, 2.05) is 30.7 Å². The number of benzene rings is 1. The van der Waals surface area contributed by atoms with Crippen LogP contribution in [0.15, 0.2) is 84.3 Å². The molecule has 0 aliphatic heterocycles. The zero-order valence-corrected chi connectivity index (χ0v) is 23.6. The van der Waals surface area contributed by atoms with Gasteiger partial charge in [0.1, 0.15) is 17.1 Å². The van der Waals surface area contributed by atoms with E-state index in [-0.39, 0.29) is 29.0 Å². The van der Waals surface area contributed by atoms with Gasteiger partial charge in [-0.1, -0.05) is 19.9 Å². The molecule has 0 aliphatic rings. The molecular weight excluding hydrogens is 547 g/mol. The number of sulfonamides is 1. The number of ether oxygens (including phenoxy) is 2. The molecule has 3 heterocycles. The fraction of sp³-hybridized carbons (Fsp3) is 0.267. The highest BCUT2D eigenvalue weighted by Crippen LogP contribution is 2.28. The van der Waals surface area contributed by atoms with E-state index in [1.165, 1.54) is 42.6 Å². The summed E-state index contributed by atoms with van der Waals surface area (Å²) in [4.78, 5) is 25.4. The highest BCUT2D eigenvalue weighted by atomic mass is 32.2. The van der Waals surface area contributed by atoms with Crippen molar-refractivity contribution in [2.24, 2.45) is 5.92 Å². The van der Waals surface area contributed by atoms with E-state index >= 15 is 0 Å². The van der Waals surface area contributed by atoms with Gasteiger partial charge < -0.3 is 9.47 Å². The molecule has 214 valence electrons. The number of aromatic nitrogens is 3. The van der Waals surface area contributed by atoms with Crippen LogP contribution in [-0.2, 0) is 16.4 Å². The number of rotatable bonds is 13. The summed E-state index contributed by atoms with van der Waals surface area (Å²) in [7, 11) is -4.24. The summed E-state index contributed by atoms with van der Waals surface area (Å²) in [5, 5.41) is -0.301. The number of unbranched alkanes of at least 4 members (excludes halogenated alkanes) is 1. The fourth-order valence-corrected chi connectivity index (χ4v) is 4.74. The minimum atomic E-state index is -4.24. The lowest BCUT2D eigenvalue weighted by molar-refractivity contribution is 0.0976. The first-order valence-corrected chi connectivity index (χ1v) is 14.6. The molecule has 4 aromatic rings. The molecule has 0 unspecified atom stereocenters. The molecular formula is C30H31FN4O5S. The van der Waals surface area contributed by atoms with Gasteiger partial charge in [0.2, 0.25) is 5.88 Å². The number of pyridine rings is 3. The number of hydrogen-bond acceptors (Lipinski definition) is 8. The standard InChI is InChI=1S/C30H31FN4O5S/c1-21(2)20-40-25-18-23(17-24(31)19-25)27-10-9-26(29(36)35-41(37,38)28-8-3-5-13-33-28)30(34-27)39-16-6-4-7-22-11-14-32-15-12-22/h3,5,8-15,17-19,21H,4,6-7,16,20H2,1-2H3,(H,35,36). The lowest BCUT2D eigenvalue weighted by atomic mass is 10.1. The van der Waals surface area contributed by atoms with Gasteiger partial charge in [0.15, 0.2) is 5.03 Å². The number of amides is 1. The molecule has 41 heavy (non-hydrogen) atoms. The Balaban J connectivity index is 1.57. The van der Waals surface area contributed by atoms with Gasteiger partial charge in [-0.15, -0.1) is 0 Å². The van der Waals surface area contributed by atoms with Crippen molar-refractivity contribution in [2.45, 2.75) is 38.1 Å². The third-order valence-corrected chi connectivity index (χ3v) is 7.09. The molecule has 0 fully saturated rings. The van der Waals surface area contributed by atoms with Crippen molar-refractivity contribution >= 4 is 15.9 Å². The summed E-state index contributed by atoms with van der Waals surface area (Å²) >= 11 is 0. The zero-order valence-electron chi connectivity index (χ0n) is 22.8. The summed E-state index contributed by atoms with van der Waals surface area (Å²) in [6.45, 7) is 4.61. The molecule has 0 saturated heterocycles. The smallest absolute Gasteiger partial charge is 0.281 e. The van der Waals surface area contributed by atoms with E-state index in [4.69, 9.17) is 9.47 Å². The molecule has 11 heteroatoms. The van der Waals surface area contributed by atoms with E-state index in [9.17, 15) is 17.6 Å². The maximum atomic E-state index is 14.4. The Bertz CT molecular complexity index is 1570. The number of nitrogens with zero attached hydrogens (tertiary/aromatic N) is 3. The second-order valence-corrected chi connectivity index (χ2v) is 11.3. The maximum Gasteiger partial charge on any atom is 0.281 e. The normalized spacial score (nSPS) is 11.3. The second-order valence-electron chi connectivity index (χ2n) is 9.69. The lowest BCUT2D eigenvalue weighted by Crippen LogP contribution is -2.31. The lowest BCUT2D eigenvalue weighted by Gasteiger charge is -2.14. The fourth-order valence-electron chi connectivity index (χ4n) is 3.83. The molecule has 0 aliphatic carbocycles. The van der Waals surface area contributed by atoms with Gasteiger partial charge in [-0.25, -0.2) is 19.1 Å². The number of halogens is 1. The highest BCUT2D eigenvalue weighted by Gasteiger charge is 2.23. The second kappa shape index (κ2) is 13.8. The largest absolute Gasteiger partial charge is 0.493 e. The van der Waals surface area contributed by atoms with E-state index in [0.29, 0.717) is 30.0 Å². The van der Waals surface area contributed by atoms with Crippen LogP contribution in [0.5, 0.6) is 11.6 Å². The number of carbonyl (C=O) groups is 1. The topological polar surface area (TPSA) is 120 Å². The van der Waals surface area contributed by atoms with Gasteiger partial charge in [0.25, 0.3) is 15.9 Å². The number of carbonyl (C=O) groups excluding carboxylic acids is 1. The Hall–Kier alpha value is -4.38. The first kappa shape index (κ1) is 29.6. The summed E-state index contributed by atoms with van der Waals surface area (Å²) in [6.07, 6.45) is 7.05. The van der Waals surface area contributed by atoms with Crippen LogP contribution >= 0.6 is 0 Å². The minimum Gasteiger partial charge on any atom is -0.493 e. The summed E-state index contributed by atoms with van der Waals surface area (Å²) < 4.78 is 53.5. The third-order valence-electron chi connectivity index (χ3n) is 5.84. The maximum absolute atomic E-state index is 14.4. The van der Waals surface area contributed by atoms with Crippen LogP contribution in [0.1, 0.15) is 42.6 Å². The van der Waals surface area contributed by atoms with Crippen LogP contribution in [0.3, 0.4) is 0 Å². The minimum absolute atomic E-state index is 0.0750. The van der Waals surface area contributed by atoms with Crippen molar-refractivity contribution in [1.29, 1.82) is 0 Å². The first-order valence-electron chi connectivity index (χ1n) is 13.2. The summed E-state index contributed by atoms with van der Waals surface area (Å²) in [5.74, 6) is -0.920. The van der Waals surface area contributed by atoms with Gasteiger partial charge in [-0.3, -0.25) is 9.78 Å². The molecule has 0 saturated carbocycles. The zero-order chi connectivity index (χ0) is 29.2. The molecule has 0 radical (unpaired) electrons. The summed E-state index contributed by atoms with van der Waals surface area (Å²) in [6, 6.07) is 15.4.